The number of fused-ring (bicyclic) bond motifs is 6. The Hall–Kier alpha value is -7.30. The smallest absolute Gasteiger partial charge is 0.0971 e. The quantitative estimate of drug-likeness (QED) is 0.172. The highest BCUT2D eigenvalue weighted by molar-refractivity contribution is 6.09. The molecule has 4 nitrogen and oxygen atoms in total. The summed E-state index contributed by atoms with van der Waals surface area (Å²) in [6, 6.07) is 66.9. The zero-order chi connectivity index (χ0) is 37.0. The summed E-state index contributed by atoms with van der Waals surface area (Å²) in [5, 5.41) is 1.13. The number of allylic oxidation sites excluding steroid dienone is 1. The van der Waals surface area contributed by atoms with E-state index in [1.54, 1.807) is 0 Å². The van der Waals surface area contributed by atoms with Gasteiger partial charge in [-0.3, -0.25) is 0 Å². The van der Waals surface area contributed by atoms with Crippen molar-refractivity contribution in [3.05, 3.63) is 211 Å². The molecule has 1 aliphatic carbocycles. The summed E-state index contributed by atoms with van der Waals surface area (Å²) < 4.78 is 4.82. The summed E-state index contributed by atoms with van der Waals surface area (Å²) >= 11 is 0. The van der Waals surface area contributed by atoms with Crippen molar-refractivity contribution in [1.82, 2.24) is 19.1 Å². The van der Waals surface area contributed by atoms with E-state index in [1.807, 2.05) is 0 Å². The second-order valence-corrected chi connectivity index (χ2v) is 14.6. The largest absolute Gasteiger partial charge is 0.311 e. The van der Waals surface area contributed by atoms with Crippen LogP contribution in [0.5, 0.6) is 0 Å². The zero-order valence-electron chi connectivity index (χ0n) is 30.6. The van der Waals surface area contributed by atoms with Crippen LogP contribution in [0.1, 0.15) is 22.7 Å². The van der Waals surface area contributed by atoms with Crippen molar-refractivity contribution in [2.45, 2.75) is 12.3 Å². The van der Waals surface area contributed by atoms with Crippen LogP contribution in [-0.4, -0.2) is 19.1 Å². The maximum Gasteiger partial charge on any atom is 0.0971 e. The van der Waals surface area contributed by atoms with Crippen LogP contribution in [-0.2, 0) is 6.42 Å². The highest BCUT2D eigenvalue weighted by atomic mass is 15.0. The van der Waals surface area contributed by atoms with Crippen LogP contribution in [0.3, 0.4) is 0 Å². The summed E-state index contributed by atoms with van der Waals surface area (Å²) in [4.78, 5) is 10.7. The fourth-order valence-corrected chi connectivity index (χ4v) is 8.60. The predicted molar refractivity (Wildman–Crippen MR) is 231 cm³/mol. The van der Waals surface area contributed by atoms with Crippen LogP contribution in [0.2, 0.25) is 0 Å². The molecule has 0 spiro atoms. The maximum absolute atomic E-state index is 5.35. The molecule has 1 atom stereocenters. The van der Waals surface area contributed by atoms with Gasteiger partial charge in [-0.05, 0) is 77.7 Å². The number of benzene rings is 6. The van der Waals surface area contributed by atoms with E-state index in [0.717, 1.165) is 73.3 Å². The van der Waals surface area contributed by atoms with Gasteiger partial charge in [-0.1, -0.05) is 146 Å². The molecule has 1 unspecified atom stereocenters. The predicted octanol–water partition coefficient (Wildman–Crippen LogP) is 12.9. The Morgan fingerprint density at radius 3 is 1.64 bits per heavy atom. The summed E-state index contributed by atoms with van der Waals surface area (Å²) in [7, 11) is 0. The van der Waals surface area contributed by atoms with Gasteiger partial charge in [0.05, 0.1) is 39.0 Å². The molecule has 4 aromatic heterocycles. The first-order valence-corrected chi connectivity index (χ1v) is 19.3. The van der Waals surface area contributed by atoms with Gasteiger partial charge in [0.15, 0.2) is 0 Å². The van der Waals surface area contributed by atoms with Gasteiger partial charge in [-0.25, -0.2) is 9.97 Å². The lowest BCUT2D eigenvalue weighted by atomic mass is 9.88. The normalized spacial score (nSPS) is 13.8. The van der Waals surface area contributed by atoms with Gasteiger partial charge in [0.2, 0.25) is 0 Å². The number of nitrogens with zero attached hydrogens (tertiary/aromatic N) is 4. The zero-order valence-corrected chi connectivity index (χ0v) is 30.6. The molecule has 0 aliphatic heterocycles. The highest BCUT2D eigenvalue weighted by Gasteiger charge is 2.26. The molecule has 0 radical (unpaired) electrons. The molecule has 4 heterocycles. The number of pyridine rings is 2. The van der Waals surface area contributed by atoms with E-state index in [0.29, 0.717) is 0 Å². The number of aromatic nitrogens is 4. The van der Waals surface area contributed by atoms with Crippen molar-refractivity contribution in [3.8, 4) is 45.0 Å². The third kappa shape index (κ3) is 5.38. The van der Waals surface area contributed by atoms with Gasteiger partial charge >= 0.3 is 0 Å². The molecule has 0 N–H and O–H groups in total. The molecule has 0 fully saturated rings. The summed E-state index contributed by atoms with van der Waals surface area (Å²) in [5.41, 5.74) is 17.8. The average molecular weight is 717 g/mol. The summed E-state index contributed by atoms with van der Waals surface area (Å²) in [6.45, 7) is 0. The maximum atomic E-state index is 5.35. The lowest BCUT2D eigenvalue weighted by Crippen LogP contribution is -2.10. The van der Waals surface area contributed by atoms with Gasteiger partial charge in [0.1, 0.15) is 0 Å². The lowest BCUT2D eigenvalue weighted by molar-refractivity contribution is 0.783. The van der Waals surface area contributed by atoms with Gasteiger partial charge < -0.3 is 9.13 Å². The van der Waals surface area contributed by atoms with E-state index in [4.69, 9.17) is 9.97 Å². The second-order valence-electron chi connectivity index (χ2n) is 14.6. The van der Waals surface area contributed by atoms with E-state index in [1.165, 1.54) is 27.9 Å². The highest BCUT2D eigenvalue weighted by Crippen LogP contribution is 2.40. The Bertz CT molecular complexity index is 2990. The Morgan fingerprint density at radius 1 is 0.429 bits per heavy atom. The van der Waals surface area contributed by atoms with Gasteiger partial charge in [-0.2, -0.15) is 0 Å². The van der Waals surface area contributed by atoms with Crippen molar-refractivity contribution in [3.63, 3.8) is 0 Å². The van der Waals surface area contributed by atoms with Crippen LogP contribution in [0.4, 0.5) is 0 Å². The van der Waals surface area contributed by atoms with Crippen LogP contribution < -0.4 is 0 Å². The molecule has 264 valence electrons. The van der Waals surface area contributed by atoms with Crippen molar-refractivity contribution in [2.75, 3.05) is 0 Å². The molecule has 4 heteroatoms. The van der Waals surface area contributed by atoms with E-state index in [-0.39, 0.29) is 5.92 Å². The van der Waals surface area contributed by atoms with Crippen LogP contribution in [0.15, 0.2) is 194 Å². The number of rotatable bonds is 6. The second kappa shape index (κ2) is 13.2. The topological polar surface area (TPSA) is 35.6 Å². The van der Waals surface area contributed by atoms with Gasteiger partial charge in [0.25, 0.3) is 0 Å². The lowest BCUT2D eigenvalue weighted by Gasteiger charge is -2.21. The Kier molecular flexibility index (Phi) is 7.59. The van der Waals surface area contributed by atoms with E-state index in [9.17, 15) is 0 Å². The van der Waals surface area contributed by atoms with Crippen LogP contribution >= 0.6 is 0 Å². The minimum Gasteiger partial charge on any atom is -0.311 e. The minimum atomic E-state index is 0.268. The average Bonchev–Trinajstić information content (AvgIpc) is 3.79. The Morgan fingerprint density at radius 2 is 0.982 bits per heavy atom. The van der Waals surface area contributed by atoms with E-state index >= 15 is 0 Å². The molecular weight excluding hydrogens is 681 g/mol. The van der Waals surface area contributed by atoms with Gasteiger partial charge in [-0.15, -0.1) is 0 Å². The summed E-state index contributed by atoms with van der Waals surface area (Å²) in [6.07, 6.45) is 5.53. The first-order chi connectivity index (χ1) is 27.8. The molecule has 11 rings (SSSR count). The molecular formula is C52H36N4. The first-order valence-electron chi connectivity index (χ1n) is 19.3. The number of hydrogen-bond acceptors (Lipinski definition) is 2. The molecule has 0 saturated heterocycles. The molecule has 0 bridgehead atoms. The van der Waals surface area contributed by atoms with Crippen LogP contribution in [0.25, 0.3) is 84.1 Å². The molecule has 56 heavy (non-hydrogen) atoms. The minimum absolute atomic E-state index is 0.268. The fraction of sp³-hybridized carbons (Fsp3) is 0.0385. The molecule has 0 amide bonds. The van der Waals surface area contributed by atoms with Crippen molar-refractivity contribution in [2.24, 2.45) is 0 Å². The third-order valence-electron chi connectivity index (χ3n) is 11.3. The molecule has 1 aliphatic rings. The SMILES string of the molecule is C1=CC(c2ccccc2)Cc2c1c1nc(-c3ccccc3)ccc1n2-c1cccc(-n2c3ccc(-c4ccccc4)cc3c3nc(-c4ccccc4)ccc32)c1. The van der Waals surface area contributed by atoms with Crippen molar-refractivity contribution < 1.29 is 0 Å². The standard InChI is InChI=1S/C52H36N4/c1-5-14-35(15-6-1)39-25-29-47-44(32-39)52-49(31-28-46(54-52)38-20-11-4-12-21-38)55(47)41-22-13-23-42(34-41)56-48-30-27-45(37-18-9-3-10-19-37)53-51(48)43-26-24-40(33-50(43)56)36-16-7-2-8-17-36/h1-32,34,40H,33H2. The molecule has 10 aromatic rings. The van der Waals surface area contributed by atoms with Crippen LogP contribution in [0, 0.1) is 0 Å². The molecule has 6 aromatic carbocycles. The fourth-order valence-electron chi connectivity index (χ4n) is 8.60. The van der Waals surface area contributed by atoms with E-state index < -0.39 is 0 Å². The van der Waals surface area contributed by atoms with E-state index in [2.05, 4.69) is 209 Å². The Labute approximate surface area is 325 Å². The number of hydrogen-bond donors (Lipinski definition) is 0. The van der Waals surface area contributed by atoms with Gasteiger partial charge in [0, 0.05) is 45.1 Å². The van der Waals surface area contributed by atoms with Crippen molar-refractivity contribution >= 4 is 39.0 Å². The third-order valence-corrected chi connectivity index (χ3v) is 11.3. The first kappa shape index (κ1) is 32.2. The Balaban J connectivity index is 1.11. The monoisotopic (exact) mass is 716 g/mol. The summed E-state index contributed by atoms with van der Waals surface area (Å²) in [5.74, 6) is 0.268. The van der Waals surface area contributed by atoms with Crippen molar-refractivity contribution in [1.29, 1.82) is 0 Å². The molecule has 0 saturated carbocycles.